The zero-order valence-corrected chi connectivity index (χ0v) is 9.55. The molecule has 0 spiro atoms. The van der Waals surface area contributed by atoms with E-state index in [-0.39, 0.29) is 36.5 Å². The van der Waals surface area contributed by atoms with Crippen LogP contribution in [0.3, 0.4) is 0 Å². The molecule has 0 heterocycles. The first-order valence-corrected chi connectivity index (χ1v) is 1.67. The molecule has 0 amide bonds. The fourth-order valence-corrected chi connectivity index (χ4v) is 0. The number of carbonyl (C=O) groups is 2. The first-order chi connectivity index (χ1) is 4.37. The Morgan fingerprint density at radius 3 is 1.25 bits per heavy atom. The second-order valence-corrected chi connectivity index (χ2v) is 0.848. The summed E-state index contributed by atoms with van der Waals surface area (Å²) in [5.74, 6) is -3.65. The van der Waals surface area contributed by atoms with Crippen molar-refractivity contribution in [3.05, 3.63) is 10.1 Å². The van der Waals surface area contributed by atoms with E-state index < -0.39 is 17.0 Å². The number of rotatable bonds is 0. The molecule has 0 saturated carbocycles. The van der Waals surface area contributed by atoms with Gasteiger partial charge in [0, 0.05) is 36.5 Å². The number of nitrogens with zero attached hydrogens (tertiary/aromatic N) is 1. The zero-order chi connectivity index (χ0) is 8.73. The van der Waals surface area contributed by atoms with Crippen molar-refractivity contribution in [3.8, 4) is 0 Å². The normalized spacial score (nSPS) is 5.67. The molecule has 0 aromatic rings. The summed E-state index contributed by atoms with van der Waals surface area (Å²) in [6, 6.07) is 0. The second kappa shape index (κ2) is 12.9. The quantitative estimate of drug-likeness (QED) is 0.218. The van der Waals surface area contributed by atoms with Gasteiger partial charge in [-0.15, -0.1) is 10.1 Å². The van der Waals surface area contributed by atoms with E-state index in [1.807, 2.05) is 0 Å². The van der Waals surface area contributed by atoms with Crippen LogP contribution in [0, 0.1) is 10.1 Å². The van der Waals surface area contributed by atoms with E-state index in [2.05, 4.69) is 0 Å². The molecule has 0 aliphatic carbocycles. The fraction of sp³-hybridized carbons (Fsp3) is 0. The maximum Gasteiger partial charge on any atom is 0.414 e. The number of hydrogen-bond donors (Lipinski definition) is 3. The minimum absolute atomic E-state index is 0. The van der Waals surface area contributed by atoms with Crippen LogP contribution in [-0.4, -0.2) is 32.4 Å². The Morgan fingerprint density at radius 1 is 1.17 bits per heavy atom. The largest absolute Gasteiger partial charge is 0.473 e. The van der Waals surface area contributed by atoms with Crippen LogP contribution in [0.15, 0.2) is 0 Å². The van der Waals surface area contributed by atoms with E-state index in [4.69, 9.17) is 35.1 Å². The molecule has 0 saturated heterocycles. The maximum absolute atomic E-state index is 9.10. The van der Waals surface area contributed by atoms with Crippen molar-refractivity contribution in [1.82, 2.24) is 0 Å². The SMILES string of the molecule is O=C(O)C(=O)O.O=[N+]([O-])O.[Fe].[Zn]. The van der Waals surface area contributed by atoms with Gasteiger partial charge in [-0.25, -0.2) is 9.59 Å². The van der Waals surface area contributed by atoms with Crippen LogP contribution in [0.1, 0.15) is 0 Å². The number of hydrogen-bond acceptors (Lipinski definition) is 4. The van der Waals surface area contributed by atoms with Gasteiger partial charge in [0.2, 0.25) is 0 Å². The average molecular weight is 274 g/mol. The third-order valence-corrected chi connectivity index (χ3v) is 0.183. The van der Waals surface area contributed by atoms with Gasteiger partial charge in [-0.05, 0) is 0 Å². The fourth-order valence-electron chi connectivity index (χ4n) is 0. The summed E-state index contributed by atoms with van der Waals surface area (Å²) >= 11 is 0. The summed E-state index contributed by atoms with van der Waals surface area (Å²) in [5.41, 5.74) is 0. The van der Waals surface area contributed by atoms with Crippen LogP contribution < -0.4 is 0 Å². The van der Waals surface area contributed by atoms with Crippen LogP contribution in [-0.2, 0) is 46.1 Å². The molecule has 3 N–H and O–H groups in total. The summed E-state index contributed by atoms with van der Waals surface area (Å²) < 4.78 is 0. The minimum Gasteiger partial charge on any atom is -0.473 e. The third kappa shape index (κ3) is 59.1. The van der Waals surface area contributed by atoms with Gasteiger partial charge in [0.1, 0.15) is 0 Å². The van der Waals surface area contributed by atoms with Gasteiger partial charge in [-0.1, -0.05) is 0 Å². The molecule has 0 atom stereocenters. The van der Waals surface area contributed by atoms with Gasteiger partial charge in [-0.2, -0.15) is 0 Å². The molecule has 12 heavy (non-hydrogen) atoms. The summed E-state index contributed by atoms with van der Waals surface area (Å²) in [7, 11) is 0. The molecule has 0 radical (unpaired) electrons. The summed E-state index contributed by atoms with van der Waals surface area (Å²) in [4.78, 5) is 26.6. The molecule has 68 valence electrons. The minimum atomic E-state index is -1.82. The van der Waals surface area contributed by atoms with Crippen molar-refractivity contribution in [3.63, 3.8) is 0 Å². The van der Waals surface area contributed by atoms with Gasteiger partial charge in [-0.3, -0.25) is 0 Å². The standard InChI is InChI=1S/C2H2O4.Fe.HNO3.Zn/c3-1(4)2(5)6;;2-1(3)4;/h(H,3,4)(H,5,6);;(H,2,3,4);. The van der Waals surface area contributed by atoms with E-state index in [0.717, 1.165) is 0 Å². The van der Waals surface area contributed by atoms with Crippen LogP contribution in [0.2, 0.25) is 0 Å². The molecule has 8 nitrogen and oxygen atoms in total. The first-order valence-electron chi connectivity index (χ1n) is 1.67. The summed E-state index contributed by atoms with van der Waals surface area (Å²) in [5, 5.41) is 28.4. The van der Waals surface area contributed by atoms with E-state index in [9.17, 15) is 0 Å². The topological polar surface area (TPSA) is 138 Å². The molecule has 0 rings (SSSR count). The molecule has 0 unspecified atom stereocenters. The molecular weight excluding hydrogens is 271 g/mol. The Labute approximate surface area is 88.9 Å². The van der Waals surface area contributed by atoms with Gasteiger partial charge < -0.3 is 15.4 Å². The van der Waals surface area contributed by atoms with E-state index in [1.54, 1.807) is 0 Å². The van der Waals surface area contributed by atoms with Crippen molar-refractivity contribution in [2.75, 3.05) is 0 Å². The third-order valence-electron chi connectivity index (χ3n) is 0.183. The molecule has 0 fully saturated rings. The van der Waals surface area contributed by atoms with Gasteiger partial charge in [0.15, 0.2) is 0 Å². The zero-order valence-electron chi connectivity index (χ0n) is 5.48. The predicted molar refractivity (Wildman–Crippen MR) is 24.1 cm³/mol. The maximum atomic E-state index is 9.10. The van der Waals surface area contributed by atoms with Crippen molar-refractivity contribution in [1.29, 1.82) is 0 Å². The number of aliphatic carboxylic acids is 2. The molecule has 10 heteroatoms. The molecule has 0 aliphatic heterocycles. The van der Waals surface area contributed by atoms with Crippen molar-refractivity contribution >= 4 is 11.9 Å². The van der Waals surface area contributed by atoms with E-state index in [1.165, 1.54) is 0 Å². The number of carboxylic acids is 2. The van der Waals surface area contributed by atoms with Crippen molar-refractivity contribution in [2.24, 2.45) is 0 Å². The van der Waals surface area contributed by atoms with Crippen molar-refractivity contribution in [2.45, 2.75) is 0 Å². The smallest absolute Gasteiger partial charge is 0.414 e. The van der Waals surface area contributed by atoms with Crippen LogP contribution in [0.5, 0.6) is 0 Å². The van der Waals surface area contributed by atoms with Gasteiger partial charge >= 0.3 is 11.9 Å². The average Bonchev–Trinajstić information content (AvgIpc) is 1.63. The monoisotopic (exact) mass is 273 g/mol. The Balaban J connectivity index is -0.0000000483. The Bertz CT molecular complexity index is 143. The predicted octanol–water partition coefficient (Wildman–Crippen LogP) is -1.20. The molecule has 0 aromatic heterocycles. The second-order valence-electron chi connectivity index (χ2n) is 0.848. The van der Waals surface area contributed by atoms with Gasteiger partial charge in [0.05, 0.1) is 0 Å². The number of carboxylic acid groups (broad SMARTS) is 2. The summed E-state index contributed by atoms with van der Waals surface area (Å²) in [6.45, 7) is 0. The molecule has 0 aliphatic rings. The molecule has 0 aromatic carbocycles. The van der Waals surface area contributed by atoms with E-state index in [0.29, 0.717) is 0 Å². The van der Waals surface area contributed by atoms with Crippen molar-refractivity contribution < 1.29 is 66.6 Å². The Hall–Kier alpha value is -0.717. The first kappa shape index (κ1) is 22.5. The van der Waals surface area contributed by atoms with E-state index >= 15 is 0 Å². The van der Waals surface area contributed by atoms with Crippen LogP contribution in [0.4, 0.5) is 0 Å². The molecule has 0 bridgehead atoms. The van der Waals surface area contributed by atoms with Crippen LogP contribution in [0.25, 0.3) is 0 Å². The Kier molecular flexibility index (Phi) is 24.2. The summed E-state index contributed by atoms with van der Waals surface area (Å²) in [6.07, 6.45) is 0. The van der Waals surface area contributed by atoms with Gasteiger partial charge in [0.25, 0.3) is 5.09 Å². The Morgan fingerprint density at radius 2 is 1.25 bits per heavy atom. The molecular formula is C2H3FeNO7Zn. The van der Waals surface area contributed by atoms with Crippen LogP contribution >= 0.6 is 0 Å².